The highest BCUT2D eigenvalue weighted by Gasteiger charge is 2.21. The summed E-state index contributed by atoms with van der Waals surface area (Å²) in [6, 6.07) is 8.01. The molecule has 1 nitrogen and oxygen atoms in total. The summed E-state index contributed by atoms with van der Waals surface area (Å²) in [5.41, 5.74) is 1.21. The zero-order valence-corrected chi connectivity index (χ0v) is 9.58. The first-order valence-electron chi connectivity index (χ1n) is 5.70. The molecular weight excluding hydrogens is 208 g/mol. The van der Waals surface area contributed by atoms with Crippen molar-refractivity contribution in [1.82, 2.24) is 0 Å². The number of aliphatic hydroxyl groups is 1. The lowest BCUT2D eigenvalue weighted by Gasteiger charge is -2.17. The van der Waals surface area contributed by atoms with Crippen molar-refractivity contribution in [1.29, 1.82) is 0 Å². The van der Waals surface area contributed by atoms with Crippen LogP contribution in [0.3, 0.4) is 0 Å². The maximum absolute atomic E-state index is 9.77. The number of rotatable bonds is 1. The smallest absolute Gasteiger partial charge is 0.0546 e. The molecule has 15 heavy (non-hydrogen) atoms. The minimum absolute atomic E-state index is 0.145. The first kappa shape index (κ1) is 11.0. The first-order valence-corrected chi connectivity index (χ1v) is 6.07. The van der Waals surface area contributed by atoms with Gasteiger partial charge in [0.25, 0.3) is 0 Å². The van der Waals surface area contributed by atoms with Crippen LogP contribution in [0.4, 0.5) is 0 Å². The molecule has 1 aromatic carbocycles. The Balaban J connectivity index is 2.18. The standard InChI is InChI=1S/C13H17ClO/c14-13-8-4-3-7-12(13)10-5-1-2-6-11(15)9-10/h3-4,7-8,10-11,15H,1-2,5-6,9H2. The summed E-state index contributed by atoms with van der Waals surface area (Å²) < 4.78 is 0. The maximum Gasteiger partial charge on any atom is 0.0546 e. The van der Waals surface area contributed by atoms with E-state index in [1.807, 2.05) is 18.2 Å². The van der Waals surface area contributed by atoms with Gasteiger partial charge in [-0.25, -0.2) is 0 Å². The minimum Gasteiger partial charge on any atom is -0.393 e. The van der Waals surface area contributed by atoms with Gasteiger partial charge in [-0.15, -0.1) is 0 Å². The average Bonchev–Trinajstić information content (AvgIpc) is 2.43. The van der Waals surface area contributed by atoms with Crippen molar-refractivity contribution < 1.29 is 5.11 Å². The van der Waals surface area contributed by atoms with Gasteiger partial charge in [0.15, 0.2) is 0 Å². The molecule has 0 aliphatic heterocycles. The first-order chi connectivity index (χ1) is 7.27. The van der Waals surface area contributed by atoms with Crippen molar-refractivity contribution in [2.45, 2.75) is 44.1 Å². The predicted octanol–water partition coefficient (Wildman–Crippen LogP) is 3.75. The van der Waals surface area contributed by atoms with Crippen LogP contribution in [0, 0.1) is 0 Å². The van der Waals surface area contributed by atoms with Gasteiger partial charge in [0.2, 0.25) is 0 Å². The highest BCUT2D eigenvalue weighted by Crippen LogP contribution is 2.35. The second-order valence-electron chi connectivity index (χ2n) is 4.39. The molecule has 0 spiro atoms. The topological polar surface area (TPSA) is 20.2 Å². The van der Waals surface area contributed by atoms with Gasteiger partial charge < -0.3 is 5.11 Å². The fraction of sp³-hybridized carbons (Fsp3) is 0.538. The van der Waals surface area contributed by atoms with Gasteiger partial charge in [-0.05, 0) is 36.8 Å². The third-order valence-electron chi connectivity index (χ3n) is 3.24. The Kier molecular flexibility index (Phi) is 3.66. The van der Waals surface area contributed by atoms with E-state index in [2.05, 4.69) is 6.07 Å². The molecule has 1 aromatic rings. The Morgan fingerprint density at radius 1 is 1.13 bits per heavy atom. The Hall–Kier alpha value is -0.530. The SMILES string of the molecule is OC1CCCCC(c2ccccc2Cl)C1. The summed E-state index contributed by atoms with van der Waals surface area (Å²) in [4.78, 5) is 0. The molecule has 1 N–H and O–H groups in total. The molecule has 2 atom stereocenters. The van der Waals surface area contributed by atoms with Crippen molar-refractivity contribution in [2.75, 3.05) is 0 Å². The van der Waals surface area contributed by atoms with Gasteiger partial charge >= 0.3 is 0 Å². The van der Waals surface area contributed by atoms with Crippen LogP contribution < -0.4 is 0 Å². The van der Waals surface area contributed by atoms with Crippen molar-refractivity contribution in [3.63, 3.8) is 0 Å². The second kappa shape index (κ2) is 5.00. The van der Waals surface area contributed by atoms with Gasteiger partial charge in [-0.1, -0.05) is 42.6 Å². The van der Waals surface area contributed by atoms with Crippen LogP contribution in [0.1, 0.15) is 43.6 Å². The van der Waals surface area contributed by atoms with Gasteiger partial charge in [-0.3, -0.25) is 0 Å². The predicted molar refractivity (Wildman–Crippen MR) is 63.3 cm³/mol. The van der Waals surface area contributed by atoms with Crippen LogP contribution in [0.2, 0.25) is 5.02 Å². The van der Waals surface area contributed by atoms with Crippen LogP contribution in [-0.2, 0) is 0 Å². The third-order valence-corrected chi connectivity index (χ3v) is 3.59. The zero-order chi connectivity index (χ0) is 10.7. The van der Waals surface area contributed by atoms with Gasteiger partial charge in [0, 0.05) is 5.02 Å². The largest absolute Gasteiger partial charge is 0.393 e. The molecule has 1 aliphatic carbocycles. The van der Waals surface area contributed by atoms with E-state index < -0.39 is 0 Å². The van der Waals surface area contributed by atoms with E-state index >= 15 is 0 Å². The Bertz CT molecular complexity index is 324. The van der Waals surface area contributed by atoms with Gasteiger partial charge in [0.1, 0.15) is 0 Å². The van der Waals surface area contributed by atoms with Crippen molar-refractivity contribution in [3.8, 4) is 0 Å². The van der Waals surface area contributed by atoms with Crippen LogP contribution in [-0.4, -0.2) is 11.2 Å². The van der Waals surface area contributed by atoms with E-state index in [9.17, 15) is 5.11 Å². The third kappa shape index (κ3) is 2.73. The highest BCUT2D eigenvalue weighted by molar-refractivity contribution is 6.31. The summed E-state index contributed by atoms with van der Waals surface area (Å²) in [6.07, 6.45) is 5.16. The molecule has 0 aromatic heterocycles. The van der Waals surface area contributed by atoms with Gasteiger partial charge in [-0.2, -0.15) is 0 Å². The fourth-order valence-corrected chi connectivity index (χ4v) is 2.71. The summed E-state index contributed by atoms with van der Waals surface area (Å²) in [5, 5.41) is 10.6. The van der Waals surface area contributed by atoms with E-state index in [1.54, 1.807) is 0 Å². The van der Waals surface area contributed by atoms with Crippen molar-refractivity contribution in [3.05, 3.63) is 34.9 Å². The van der Waals surface area contributed by atoms with E-state index in [1.165, 1.54) is 12.0 Å². The van der Waals surface area contributed by atoms with Crippen LogP contribution >= 0.6 is 11.6 Å². The second-order valence-corrected chi connectivity index (χ2v) is 4.80. The Morgan fingerprint density at radius 2 is 1.87 bits per heavy atom. The molecule has 2 heteroatoms. The fourth-order valence-electron chi connectivity index (χ4n) is 2.42. The lowest BCUT2D eigenvalue weighted by molar-refractivity contribution is 0.152. The molecule has 0 saturated heterocycles. The molecule has 0 radical (unpaired) electrons. The molecule has 2 unspecified atom stereocenters. The van der Waals surface area contributed by atoms with Gasteiger partial charge in [0.05, 0.1) is 6.10 Å². The molecule has 82 valence electrons. The monoisotopic (exact) mass is 224 g/mol. The van der Waals surface area contributed by atoms with Crippen LogP contribution in [0.5, 0.6) is 0 Å². The Labute approximate surface area is 96.1 Å². The number of halogens is 1. The molecule has 1 saturated carbocycles. The van der Waals surface area contributed by atoms with Crippen molar-refractivity contribution in [2.24, 2.45) is 0 Å². The minimum atomic E-state index is -0.145. The van der Waals surface area contributed by atoms with E-state index in [-0.39, 0.29) is 6.10 Å². The van der Waals surface area contributed by atoms with Crippen LogP contribution in [0.15, 0.2) is 24.3 Å². The normalized spacial score (nSPS) is 27.3. The maximum atomic E-state index is 9.77. The lowest BCUT2D eigenvalue weighted by atomic mass is 9.91. The molecule has 0 heterocycles. The van der Waals surface area contributed by atoms with Crippen molar-refractivity contribution >= 4 is 11.6 Å². The molecule has 1 aliphatic rings. The number of aliphatic hydroxyl groups excluding tert-OH is 1. The van der Waals surface area contributed by atoms with Crippen LogP contribution in [0.25, 0.3) is 0 Å². The summed E-state index contributed by atoms with van der Waals surface area (Å²) >= 11 is 6.18. The van der Waals surface area contributed by atoms with E-state index in [4.69, 9.17) is 11.6 Å². The number of benzene rings is 1. The average molecular weight is 225 g/mol. The molecule has 0 amide bonds. The molecule has 2 rings (SSSR count). The molecular formula is C13H17ClO. The number of hydrogen-bond acceptors (Lipinski definition) is 1. The number of hydrogen-bond donors (Lipinski definition) is 1. The summed E-state index contributed by atoms with van der Waals surface area (Å²) in [5.74, 6) is 0.441. The quantitative estimate of drug-likeness (QED) is 0.721. The molecule has 0 bridgehead atoms. The lowest BCUT2D eigenvalue weighted by Crippen LogP contribution is -2.09. The van der Waals surface area contributed by atoms with E-state index in [0.29, 0.717) is 5.92 Å². The highest BCUT2D eigenvalue weighted by atomic mass is 35.5. The molecule has 1 fully saturated rings. The van der Waals surface area contributed by atoms with E-state index in [0.717, 1.165) is 30.7 Å². The summed E-state index contributed by atoms with van der Waals surface area (Å²) in [7, 11) is 0. The zero-order valence-electron chi connectivity index (χ0n) is 8.82. The Morgan fingerprint density at radius 3 is 2.67 bits per heavy atom. The summed E-state index contributed by atoms with van der Waals surface area (Å²) in [6.45, 7) is 0.